The van der Waals surface area contributed by atoms with Crippen LogP contribution in [0.5, 0.6) is 5.75 Å². The first-order valence-electron chi connectivity index (χ1n) is 6.31. The molecule has 0 atom stereocenters. The maximum atomic E-state index is 11.9. The van der Waals surface area contributed by atoms with Crippen molar-refractivity contribution in [1.29, 1.82) is 0 Å². The van der Waals surface area contributed by atoms with Gasteiger partial charge in [0.25, 0.3) is 5.24 Å². The highest BCUT2D eigenvalue weighted by atomic mass is 32.2. The summed E-state index contributed by atoms with van der Waals surface area (Å²) in [5.41, 5.74) is 0. The minimum absolute atomic E-state index is 0.0837. The standard InChI is InChI=1S/C15H11NO4S/c17-13-9-21-15(19)16(13)8-14(18)20-12-7-3-5-10-4-1-2-6-11(10)12/h1-7H,8-9H2. The second-order valence-corrected chi connectivity index (χ2v) is 5.41. The molecular formula is C15H11NO4S. The Bertz CT molecular complexity index is 722. The van der Waals surface area contributed by atoms with Gasteiger partial charge in [0, 0.05) is 5.39 Å². The summed E-state index contributed by atoms with van der Waals surface area (Å²) in [6.07, 6.45) is 0. The molecule has 0 aliphatic carbocycles. The normalized spacial score (nSPS) is 14.8. The van der Waals surface area contributed by atoms with Crippen molar-refractivity contribution in [2.45, 2.75) is 0 Å². The average Bonchev–Trinajstić information content (AvgIpc) is 2.79. The molecule has 2 aromatic carbocycles. The second-order valence-electron chi connectivity index (χ2n) is 4.49. The van der Waals surface area contributed by atoms with E-state index in [0.717, 1.165) is 27.4 Å². The van der Waals surface area contributed by atoms with Crippen molar-refractivity contribution >= 4 is 39.7 Å². The van der Waals surface area contributed by atoms with E-state index in [1.54, 1.807) is 12.1 Å². The van der Waals surface area contributed by atoms with Crippen LogP contribution >= 0.6 is 11.8 Å². The molecule has 5 nitrogen and oxygen atoms in total. The first kappa shape index (κ1) is 13.6. The van der Waals surface area contributed by atoms with Crippen molar-refractivity contribution in [1.82, 2.24) is 4.90 Å². The summed E-state index contributed by atoms with van der Waals surface area (Å²) in [6.45, 7) is -0.353. The van der Waals surface area contributed by atoms with Crippen LogP contribution in [-0.2, 0) is 9.59 Å². The van der Waals surface area contributed by atoms with E-state index < -0.39 is 11.2 Å². The van der Waals surface area contributed by atoms with Crippen LogP contribution in [0.1, 0.15) is 0 Å². The van der Waals surface area contributed by atoms with E-state index in [0.29, 0.717) is 5.75 Å². The molecule has 0 aromatic heterocycles. The number of hydrogen-bond donors (Lipinski definition) is 0. The number of benzene rings is 2. The predicted molar refractivity (Wildman–Crippen MR) is 79.2 cm³/mol. The third-order valence-electron chi connectivity index (χ3n) is 3.10. The van der Waals surface area contributed by atoms with Gasteiger partial charge in [0.05, 0.1) is 5.75 Å². The van der Waals surface area contributed by atoms with E-state index in [-0.39, 0.29) is 18.2 Å². The minimum atomic E-state index is -0.629. The molecule has 0 spiro atoms. The highest BCUT2D eigenvalue weighted by Crippen LogP contribution is 2.25. The molecule has 106 valence electrons. The Morgan fingerprint density at radius 1 is 1.14 bits per heavy atom. The SMILES string of the molecule is O=C(CN1C(=O)CSC1=O)Oc1cccc2ccccc12. The number of thioether (sulfide) groups is 1. The summed E-state index contributed by atoms with van der Waals surface area (Å²) in [4.78, 5) is 35.7. The molecule has 1 fully saturated rings. The lowest BCUT2D eigenvalue weighted by Gasteiger charge is -2.12. The van der Waals surface area contributed by atoms with Gasteiger partial charge in [-0.1, -0.05) is 48.2 Å². The van der Waals surface area contributed by atoms with Crippen molar-refractivity contribution in [3.05, 3.63) is 42.5 Å². The quantitative estimate of drug-likeness (QED) is 0.643. The average molecular weight is 301 g/mol. The Hall–Kier alpha value is -2.34. The van der Waals surface area contributed by atoms with Crippen LogP contribution in [0.15, 0.2) is 42.5 Å². The Balaban J connectivity index is 1.78. The topological polar surface area (TPSA) is 63.7 Å². The Morgan fingerprint density at radius 3 is 2.67 bits per heavy atom. The zero-order chi connectivity index (χ0) is 14.8. The molecular weight excluding hydrogens is 290 g/mol. The fourth-order valence-electron chi connectivity index (χ4n) is 2.10. The second kappa shape index (κ2) is 5.57. The van der Waals surface area contributed by atoms with E-state index in [1.165, 1.54) is 0 Å². The van der Waals surface area contributed by atoms with Gasteiger partial charge >= 0.3 is 5.97 Å². The van der Waals surface area contributed by atoms with Crippen molar-refractivity contribution in [2.24, 2.45) is 0 Å². The number of carbonyl (C=O) groups excluding carboxylic acids is 3. The number of rotatable bonds is 3. The number of carbonyl (C=O) groups is 3. The first-order chi connectivity index (χ1) is 10.1. The van der Waals surface area contributed by atoms with Gasteiger partial charge < -0.3 is 4.74 Å². The van der Waals surface area contributed by atoms with E-state index in [9.17, 15) is 14.4 Å². The highest BCUT2D eigenvalue weighted by molar-refractivity contribution is 8.14. The molecule has 1 heterocycles. The van der Waals surface area contributed by atoms with Crippen molar-refractivity contribution in [3.8, 4) is 5.75 Å². The Labute approximate surface area is 124 Å². The number of imide groups is 1. The molecule has 2 aromatic rings. The van der Waals surface area contributed by atoms with Crippen LogP contribution in [0, 0.1) is 0 Å². The molecule has 0 unspecified atom stereocenters. The Morgan fingerprint density at radius 2 is 1.90 bits per heavy atom. The van der Waals surface area contributed by atoms with E-state index in [4.69, 9.17) is 4.74 Å². The lowest BCUT2D eigenvalue weighted by molar-refractivity contribution is -0.138. The highest BCUT2D eigenvalue weighted by Gasteiger charge is 2.32. The van der Waals surface area contributed by atoms with Crippen molar-refractivity contribution in [3.63, 3.8) is 0 Å². The lowest BCUT2D eigenvalue weighted by Crippen LogP contribution is -2.35. The van der Waals surface area contributed by atoms with E-state index in [1.807, 2.05) is 30.3 Å². The van der Waals surface area contributed by atoms with Crippen LogP contribution in [0.3, 0.4) is 0 Å². The molecule has 0 N–H and O–H groups in total. The lowest BCUT2D eigenvalue weighted by atomic mass is 10.1. The van der Waals surface area contributed by atoms with Crippen molar-refractivity contribution in [2.75, 3.05) is 12.3 Å². The van der Waals surface area contributed by atoms with Gasteiger partial charge in [0.15, 0.2) is 0 Å². The van der Waals surface area contributed by atoms with Gasteiger partial charge in [0.1, 0.15) is 12.3 Å². The molecule has 0 radical (unpaired) electrons. The third kappa shape index (κ3) is 2.75. The van der Waals surface area contributed by atoms with E-state index in [2.05, 4.69) is 0 Å². The van der Waals surface area contributed by atoms with Crippen molar-refractivity contribution < 1.29 is 19.1 Å². The van der Waals surface area contributed by atoms with Gasteiger partial charge in [-0.25, -0.2) is 4.79 Å². The number of amides is 2. The molecule has 3 rings (SSSR count). The first-order valence-corrected chi connectivity index (χ1v) is 7.29. The third-order valence-corrected chi connectivity index (χ3v) is 3.96. The summed E-state index contributed by atoms with van der Waals surface area (Å²) in [6, 6.07) is 12.9. The van der Waals surface area contributed by atoms with Gasteiger partial charge in [-0.05, 0) is 11.5 Å². The molecule has 1 aliphatic heterocycles. The maximum Gasteiger partial charge on any atom is 0.331 e. The van der Waals surface area contributed by atoms with E-state index >= 15 is 0 Å². The van der Waals surface area contributed by atoms with Gasteiger partial charge in [-0.2, -0.15) is 0 Å². The zero-order valence-corrected chi connectivity index (χ0v) is 11.8. The summed E-state index contributed by atoms with van der Waals surface area (Å²) < 4.78 is 5.29. The smallest absolute Gasteiger partial charge is 0.331 e. The van der Waals surface area contributed by atoms with Crippen LogP contribution in [0.25, 0.3) is 10.8 Å². The van der Waals surface area contributed by atoms with Gasteiger partial charge in [-0.15, -0.1) is 0 Å². The monoisotopic (exact) mass is 301 g/mol. The number of nitrogens with zero attached hydrogens (tertiary/aromatic N) is 1. The number of esters is 1. The molecule has 0 bridgehead atoms. The number of fused-ring (bicyclic) bond motifs is 1. The maximum absolute atomic E-state index is 11.9. The van der Waals surface area contributed by atoms with Crippen LogP contribution in [-0.4, -0.2) is 34.3 Å². The summed E-state index contributed by atoms with van der Waals surface area (Å²) in [5, 5.41) is 1.35. The largest absolute Gasteiger partial charge is 0.425 e. The van der Waals surface area contributed by atoms with Crippen LogP contribution < -0.4 is 4.74 Å². The number of ether oxygens (including phenoxy) is 1. The predicted octanol–water partition coefficient (Wildman–Crippen LogP) is 2.44. The van der Waals surface area contributed by atoms with Gasteiger partial charge in [-0.3, -0.25) is 14.5 Å². The molecule has 6 heteroatoms. The molecule has 1 aliphatic rings. The zero-order valence-electron chi connectivity index (χ0n) is 10.9. The fraction of sp³-hybridized carbons (Fsp3) is 0.133. The Kier molecular flexibility index (Phi) is 3.62. The van der Waals surface area contributed by atoms with Crippen LogP contribution in [0.2, 0.25) is 0 Å². The summed E-state index contributed by atoms with van der Waals surface area (Å²) in [7, 11) is 0. The molecule has 21 heavy (non-hydrogen) atoms. The molecule has 0 saturated carbocycles. The minimum Gasteiger partial charge on any atom is -0.425 e. The fourth-order valence-corrected chi connectivity index (χ4v) is 2.83. The molecule has 1 saturated heterocycles. The number of hydrogen-bond acceptors (Lipinski definition) is 5. The molecule has 2 amide bonds. The summed E-state index contributed by atoms with van der Waals surface area (Å²) >= 11 is 0.894. The van der Waals surface area contributed by atoms with Gasteiger partial charge in [0.2, 0.25) is 5.91 Å². The summed E-state index contributed by atoms with van der Waals surface area (Å²) in [5.74, 6) is -0.485. The van der Waals surface area contributed by atoms with Crippen LogP contribution in [0.4, 0.5) is 4.79 Å².